The first kappa shape index (κ1) is 15.9. The fourth-order valence-electron chi connectivity index (χ4n) is 2.61. The Morgan fingerprint density at radius 3 is 2.43 bits per heavy atom. The fraction of sp³-hybridized carbons (Fsp3) is 0.278. The van der Waals surface area contributed by atoms with E-state index in [1.54, 1.807) is 16.7 Å². The van der Waals surface area contributed by atoms with Gasteiger partial charge in [0.2, 0.25) is 0 Å². The van der Waals surface area contributed by atoms with Gasteiger partial charge in [0, 0.05) is 17.4 Å². The molecule has 0 saturated carbocycles. The van der Waals surface area contributed by atoms with Gasteiger partial charge in [-0.3, -0.25) is 4.90 Å². The molecule has 0 radical (unpaired) electrons. The molecule has 0 aromatic heterocycles. The van der Waals surface area contributed by atoms with E-state index in [2.05, 4.69) is 0 Å². The Bertz CT molecular complexity index is 635. The second-order valence-corrected chi connectivity index (χ2v) is 6.66. The minimum absolute atomic E-state index is 0.00346. The number of carbonyl (C=O) groups is 1. The molecule has 1 amide bonds. The van der Waals surface area contributed by atoms with Gasteiger partial charge in [-0.25, -0.2) is 4.79 Å². The maximum Gasteiger partial charge on any atom is 0.410 e. The van der Waals surface area contributed by atoms with Crippen LogP contribution < -0.4 is 0 Å². The number of aliphatic hydroxyl groups excluding tert-OH is 1. The van der Waals surface area contributed by atoms with Crippen LogP contribution in [0.4, 0.5) is 4.79 Å². The number of benzene rings is 2. The molecular formula is C18H19NO3S. The topological polar surface area (TPSA) is 49.8 Å². The molecule has 2 aromatic rings. The van der Waals surface area contributed by atoms with Gasteiger partial charge in [0.25, 0.3) is 0 Å². The number of aliphatic hydroxyl groups is 1. The molecule has 1 aliphatic heterocycles. The first-order valence-electron chi connectivity index (χ1n) is 7.59. The summed E-state index contributed by atoms with van der Waals surface area (Å²) in [4.78, 5) is 14.9. The van der Waals surface area contributed by atoms with Gasteiger partial charge in [-0.2, -0.15) is 0 Å². The summed E-state index contributed by atoms with van der Waals surface area (Å²) in [5.74, 6) is -0.110. The summed E-state index contributed by atoms with van der Waals surface area (Å²) in [6, 6.07) is 19.7. The number of carbonyl (C=O) groups excluding carboxylic acids is 1. The van der Waals surface area contributed by atoms with Crippen LogP contribution in [0.2, 0.25) is 0 Å². The van der Waals surface area contributed by atoms with Crippen LogP contribution in [0.5, 0.6) is 0 Å². The van der Waals surface area contributed by atoms with Gasteiger partial charge in [-0.1, -0.05) is 60.3 Å². The maximum absolute atomic E-state index is 12.1. The first-order chi connectivity index (χ1) is 11.3. The summed E-state index contributed by atoms with van der Waals surface area (Å²) in [5.41, 5.74) is 1.03. The van der Waals surface area contributed by atoms with E-state index >= 15 is 0 Å². The minimum Gasteiger partial charge on any atom is -0.446 e. The molecule has 2 atom stereocenters. The largest absolute Gasteiger partial charge is 0.446 e. The zero-order chi connectivity index (χ0) is 16.1. The van der Waals surface area contributed by atoms with Crippen molar-refractivity contribution in [1.29, 1.82) is 0 Å². The second-order valence-electron chi connectivity index (χ2n) is 5.41. The predicted octanol–water partition coefficient (Wildman–Crippen LogP) is 3.33. The minimum atomic E-state index is -0.312. The van der Waals surface area contributed by atoms with E-state index in [1.165, 1.54) is 0 Å². The summed E-state index contributed by atoms with van der Waals surface area (Å²) in [6.45, 7) is 0.811. The number of nitrogens with zero attached hydrogens (tertiary/aromatic N) is 1. The third-order valence-corrected chi connectivity index (χ3v) is 5.06. The Labute approximate surface area is 140 Å². The van der Waals surface area contributed by atoms with Crippen LogP contribution in [0.3, 0.4) is 0 Å². The van der Waals surface area contributed by atoms with Crippen LogP contribution in [0.25, 0.3) is 0 Å². The van der Waals surface area contributed by atoms with Crippen LogP contribution in [0.15, 0.2) is 65.6 Å². The van der Waals surface area contributed by atoms with Crippen LogP contribution in [0.1, 0.15) is 11.5 Å². The number of hydrogen-bond donors (Lipinski definition) is 1. The zero-order valence-corrected chi connectivity index (χ0v) is 13.5. The van der Waals surface area contributed by atoms with Crippen molar-refractivity contribution in [2.45, 2.75) is 16.2 Å². The van der Waals surface area contributed by atoms with Crippen molar-refractivity contribution in [3.63, 3.8) is 0 Å². The fourth-order valence-corrected chi connectivity index (χ4v) is 3.67. The lowest BCUT2D eigenvalue weighted by atomic mass is 10.00. The zero-order valence-electron chi connectivity index (χ0n) is 12.7. The molecule has 1 saturated heterocycles. The third-order valence-electron chi connectivity index (χ3n) is 3.86. The molecule has 4 nitrogen and oxygen atoms in total. The van der Waals surface area contributed by atoms with E-state index < -0.39 is 0 Å². The van der Waals surface area contributed by atoms with Crippen LogP contribution in [-0.4, -0.2) is 41.2 Å². The number of hydrogen-bond acceptors (Lipinski definition) is 4. The van der Waals surface area contributed by atoms with Crippen molar-refractivity contribution in [3.05, 3.63) is 66.2 Å². The van der Waals surface area contributed by atoms with Crippen molar-refractivity contribution in [1.82, 2.24) is 4.90 Å². The molecule has 2 aromatic carbocycles. The lowest BCUT2D eigenvalue weighted by molar-refractivity contribution is 0.152. The van der Waals surface area contributed by atoms with E-state index in [1.807, 2.05) is 60.7 Å². The quantitative estimate of drug-likeness (QED) is 0.883. The maximum atomic E-state index is 12.1. The van der Waals surface area contributed by atoms with Crippen LogP contribution in [0, 0.1) is 0 Å². The molecule has 1 aliphatic rings. The lowest BCUT2D eigenvalue weighted by Crippen LogP contribution is -2.36. The number of rotatable bonds is 6. The Kier molecular flexibility index (Phi) is 5.20. The first-order valence-corrected chi connectivity index (χ1v) is 8.47. The van der Waals surface area contributed by atoms with Crippen LogP contribution in [-0.2, 0) is 4.74 Å². The summed E-state index contributed by atoms with van der Waals surface area (Å²) >= 11 is 1.61. The lowest BCUT2D eigenvalue weighted by Gasteiger charge is -2.25. The predicted molar refractivity (Wildman–Crippen MR) is 90.4 cm³/mol. The SMILES string of the molecule is O=C1OCC(Sc2ccccc2)N1CC(CO)c1ccccc1. The average molecular weight is 329 g/mol. The molecule has 0 spiro atoms. The molecule has 0 bridgehead atoms. The monoisotopic (exact) mass is 329 g/mol. The Morgan fingerprint density at radius 2 is 1.78 bits per heavy atom. The Morgan fingerprint density at radius 1 is 1.13 bits per heavy atom. The molecule has 5 heteroatoms. The van der Waals surface area contributed by atoms with Crippen molar-refractivity contribution in [3.8, 4) is 0 Å². The Balaban J connectivity index is 1.72. The molecule has 120 valence electrons. The smallest absolute Gasteiger partial charge is 0.410 e. The van der Waals surface area contributed by atoms with Crippen LogP contribution >= 0.6 is 11.8 Å². The average Bonchev–Trinajstić information content (AvgIpc) is 2.94. The summed E-state index contributed by atoms with van der Waals surface area (Å²) < 4.78 is 5.22. The molecule has 1 N–H and O–H groups in total. The van der Waals surface area contributed by atoms with Gasteiger partial charge in [0.15, 0.2) is 0 Å². The van der Waals surface area contributed by atoms with E-state index in [-0.39, 0.29) is 24.0 Å². The van der Waals surface area contributed by atoms with E-state index in [9.17, 15) is 9.90 Å². The molecule has 23 heavy (non-hydrogen) atoms. The van der Waals surface area contributed by atoms with Crippen molar-refractivity contribution >= 4 is 17.9 Å². The highest BCUT2D eigenvalue weighted by Crippen LogP contribution is 2.31. The molecular weight excluding hydrogens is 310 g/mol. The standard InChI is InChI=1S/C18H19NO3S/c20-12-15(14-7-3-1-4-8-14)11-19-17(13-22-18(19)21)23-16-9-5-2-6-10-16/h1-10,15,17,20H,11-13H2. The molecule has 3 rings (SSSR count). The van der Waals surface area contributed by atoms with Gasteiger partial charge >= 0.3 is 6.09 Å². The van der Waals surface area contributed by atoms with Crippen molar-refractivity contribution in [2.75, 3.05) is 19.8 Å². The van der Waals surface area contributed by atoms with E-state index in [4.69, 9.17) is 4.74 Å². The van der Waals surface area contributed by atoms with Crippen molar-refractivity contribution in [2.24, 2.45) is 0 Å². The molecule has 1 heterocycles. The highest BCUT2D eigenvalue weighted by Gasteiger charge is 2.35. The number of thioether (sulfide) groups is 1. The second kappa shape index (κ2) is 7.53. The number of amides is 1. The van der Waals surface area contributed by atoms with Crippen molar-refractivity contribution < 1.29 is 14.6 Å². The molecule has 1 fully saturated rings. The summed E-state index contributed by atoms with van der Waals surface area (Å²) in [7, 11) is 0. The number of cyclic esters (lactones) is 1. The highest BCUT2D eigenvalue weighted by molar-refractivity contribution is 8.00. The molecule has 0 aliphatic carbocycles. The van der Waals surface area contributed by atoms with Gasteiger partial charge in [-0.15, -0.1) is 0 Å². The third kappa shape index (κ3) is 3.86. The van der Waals surface area contributed by atoms with E-state index in [0.29, 0.717) is 13.2 Å². The number of ether oxygens (including phenoxy) is 1. The van der Waals surface area contributed by atoms with E-state index in [0.717, 1.165) is 10.5 Å². The molecule has 2 unspecified atom stereocenters. The van der Waals surface area contributed by atoms with Gasteiger partial charge < -0.3 is 9.84 Å². The highest BCUT2D eigenvalue weighted by atomic mass is 32.2. The van der Waals surface area contributed by atoms with Gasteiger partial charge in [0.05, 0.1) is 6.61 Å². The summed E-state index contributed by atoms with van der Waals surface area (Å²) in [5, 5.41) is 9.65. The van der Waals surface area contributed by atoms with Gasteiger partial charge in [-0.05, 0) is 17.7 Å². The summed E-state index contributed by atoms with van der Waals surface area (Å²) in [6.07, 6.45) is -0.312. The normalized spacial score (nSPS) is 18.7. The Hall–Kier alpha value is -1.98. The van der Waals surface area contributed by atoms with Gasteiger partial charge in [0.1, 0.15) is 12.0 Å².